The fourth-order valence-corrected chi connectivity index (χ4v) is 4.45. The fraction of sp³-hybridized carbons (Fsp3) is 0.583. The van der Waals surface area contributed by atoms with Crippen molar-refractivity contribution < 1.29 is 23.1 Å². The van der Waals surface area contributed by atoms with Crippen molar-refractivity contribution in [1.29, 1.82) is 0 Å². The van der Waals surface area contributed by atoms with Gasteiger partial charge in [0.1, 0.15) is 9.09 Å². The first kappa shape index (κ1) is 17.1. The minimum Gasteiger partial charge on any atom is -0.477 e. The monoisotopic (exact) mass is 321 g/mol. The lowest BCUT2D eigenvalue weighted by molar-refractivity contribution is 0.0701. The van der Waals surface area contributed by atoms with Gasteiger partial charge < -0.3 is 9.84 Å². The smallest absolute Gasteiger partial charge is 0.346 e. The van der Waals surface area contributed by atoms with Crippen molar-refractivity contribution in [3.63, 3.8) is 0 Å². The van der Waals surface area contributed by atoms with Crippen molar-refractivity contribution in [3.8, 4) is 0 Å². The zero-order valence-corrected chi connectivity index (χ0v) is 13.3. The van der Waals surface area contributed by atoms with Crippen LogP contribution in [0.2, 0.25) is 0 Å². The normalized spacial score (nSPS) is 13.3. The molecule has 0 aliphatic carbocycles. The molecule has 6 nitrogen and oxygen atoms in total. The molecule has 1 aromatic heterocycles. The maximum absolute atomic E-state index is 12.2. The average Bonchev–Trinajstić information content (AvgIpc) is 2.72. The third kappa shape index (κ3) is 4.27. The third-order valence-electron chi connectivity index (χ3n) is 2.68. The van der Waals surface area contributed by atoms with E-state index in [1.807, 2.05) is 6.92 Å². The lowest BCUT2D eigenvalue weighted by Gasteiger charge is -2.16. The van der Waals surface area contributed by atoms with Gasteiger partial charge in [-0.3, -0.25) is 0 Å². The molecule has 2 N–H and O–H groups in total. The van der Waals surface area contributed by atoms with Crippen LogP contribution >= 0.6 is 11.3 Å². The standard InChI is InChI=1S/C12H19NO5S2/c1-4-5-9(7-18-3)13-20(16,17)10-6-8(2)11(19-10)12(14)15/h6,9,13H,4-5,7H2,1-3H3,(H,14,15). The third-order valence-corrected chi connectivity index (χ3v) is 5.90. The van der Waals surface area contributed by atoms with Crippen molar-refractivity contribution in [1.82, 2.24) is 4.72 Å². The molecule has 1 unspecified atom stereocenters. The first-order valence-electron chi connectivity index (χ1n) is 6.16. The zero-order chi connectivity index (χ0) is 15.3. The molecule has 0 bridgehead atoms. The van der Waals surface area contributed by atoms with Crippen LogP contribution in [0.3, 0.4) is 0 Å². The van der Waals surface area contributed by atoms with Crippen LogP contribution < -0.4 is 4.72 Å². The molecule has 0 radical (unpaired) electrons. The van der Waals surface area contributed by atoms with Gasteiger partial charge in [-0.15, -0.1) is 11.3 Å². The zero-order valence-electron chi connectivity index (χ0n) is 11.7. The number of carboxylic acid groups (broad SMARTS) is 1. The Morgan fingerprint density at radius 3 is 2.65 bits per heavy atom. The van der Waals surface area contributed by atoms with Gasteiger partial charge in [0.15, 0.2) is 0 Å². The highest BCUT2D eigenvalue weighted by Crippen LogP contribution is 2.26. The number of aryl methyl sites for hydroxylation is 1. The van der Waals surface area contributed by atoms with Gasteiger partial charge in [0.25, 0.3) is 0 Å². The number of ether oxygens (including phenoxy) is 1. The molecule has 0 spiro atoms. The van der Waals surface area contributed by atoms with Crippen molar-refractivity contribution in [3.05, 3.63) is 16.5 Å². The van der Waals surface area contributed by atoms with Gasteiger partial charge in [-0.1, -0.05) is 13.3 Å². The van der Waals surface area contributed by atoms with E-state index in [-0.39, 0.29) is 21.7 Å². The lowest BCUT2D eigenvalue weighted by Crippen LogP contribution is -2.37. The van der Waals surface area contributed by atoms with Crippen LogP contribution in [0.15, 0.2) is 10.3 Å². The summed E-state index contributed by atoms with van der Waals surface area (Å²) >= 11 is 0.762. The van der Waals surface area contributed by atoms with E-state index in [4.69, 9.17) is 9.84 Å². The number of nitrogens with one attached hydrogen (secondary N) is 1. The average molecular weight is 321 g/mol. The Bertz CT molecular complexity index is 558. The molecule has 1 rings (SSSR count). The number of hydrogen-bond acceptors (Lipinski definition) is 5. The Morgan fingerprint density at radius 2 is 2.20 bits per heavy atom. The summed E-state index contributed by atoms with van der Waals surface area (Å²) in [5.74, 6) is -1.11. The molecule has 0 aliphatic rings. The summed E-state index contributed by atoms with van der Waals surface area (Å²) in [6.45, 7) is 3.82. The molecule has 114 valence electrons. The van der Waals surface area contributed by atoms with Gasteiger partial charge in [-0.2, -0.15) is 0 Å². The van der Waals surface area contributed by atoms with Crippen LogP contribution in [0.1, 0.15) is 35.0 Å². The summed E-state index contributed by atoms with van der Waals surface area (Å²) in [5.41, 5.74) is 0.446. The number of carbonyl (C=O) groups is 1. The molecule has 0 aliphatic heterocycles. The van der Waals surface area contributed by atoms with E-state index in [0.29, 0.717) is 12.0 Å². The second-order valence-corrected chi connectivity index (χ2v) is 7.44. The molecule has 1 heterocycles. The quantitative estimate of drug-likeness (QED) is 0.762. The molecular formula is C12H19NO5S2. The number of sulfonamides is 1. The highest BCUT2D eigenvalue weighted by molar-refractivity contribution is 7.91. The van der Waals surface area contributed by atoms with Gasteiger partial charge in [0, 0.05) is 13.2 Å². The number of aromatic carboxylic acids is 1. The molecule has 0 fully saturated rings. The van der Waals surface area contributed by atoms with Crippen LogP contribution in [0.4, 0.5) is 0 Å². The van der Waals surface area contributed by atoms with Crippen molar-refractivity contribution in [2.75, 3.05) is 13.7 Å². The Labute approximate surface area is 122 Å². The molecule has 1 aromatic rings. The second-order valence-electron chi connectivity index (χ2n) is 4.44. The molecule has 0 aromatic carbocycles. The number of rotatable bonds is 8. The second kappa shape index (κ2) is 7.16. The molecule has 0 amide bonds. The Kier molecular flexibility index (Phi) is 6.12. The van der Waals surface area contributed by atoms with Crippen molar-refractivity contribution in [2.45, 2.75) is 36.9 Å². The van der Waals surface area contributed by atoms with E-state index in [2.05, 4.69) is 4.72 Å². The largest absolute Gasteiger partial charge is 0.477 e. The molecule has 0 saturated heterocycles. The highest BCUT2D eigenvalue weighted by atomic mass is 32.2. The summed E-state index contributed by atoms with van der Waals surface area (Å²) < 4.78 is 32.0. The maximum atomic E-state index is 12.2. The van der Waals surface area contributed by atoms with Crippen LogP contribution in [0, 0.1) is 6.92 Å². The van der Waals surface area contributed by atoms with Gasteiger partial charge in [0.05, 0.1) is 6.61 Å². The number of hydrogen-bond donors (Lipinski definition) is 2. The highest BCUT2D eigenvalue weighted by Gasteiger charge is 2.24. The lowest BCUT2D eigenvalue weighted by atomic mass is 10.2. The molecule has 8 heteroatoms. The van der Waals surface area contributed by atoms with Crippen LogP contribution in [0.5, 0.6) is 0 Å². The summed E-state index contributed by atoms with van der Waals surface area (Å²) in [6, 6.07) is 1.07. The van der Waals surface area contributed by atoms with E-state index >= 15 is 0 Å². The minimum atomic E-state index is -3.71. The van der Waals surface area contributed by atoms with E-state index in [0.717, 1.165) is 17.8 Å². The summed E-state index contributed by atoms with van der Waals surface area (Å²) in [6.07, 6.45) is 1.48. The van der Waals surface area contributed by atoms with Gasteiger partial charge in [-0.25, -0.2) is 17.9 Å². The Hall–Kier alpha value is -0.960. The summed E-state index contributed by atoms with van der Waals surface area (Å²) in [7, 11) is -2.21. The van der Waals surface area contributed by atoms with Crippen molar-refractivity contribution in [2.24, 2.45) is 0 Å². The summed E-state index contributed by atoms with van der Waals surface area (Å²) in [4.78, 5) is 11.0. The van der Waals surface area contributed by atoms with Crippen LogP contribution in [-0.4, -0.2) is 39.3 Å². The fourth-order valence-electron chi connectivity index (χ4n) is 1.80. The first-order chi connectivity index (χ1) is 9.31. The predicted molar refractivity (Wildman–Crippen MR) is 76.9 cm³/mol. The Balaban J connectivity index is 2.98. The summed E-state index contributed by atoms with van der Waals surface area (Å²) in [5, 5.41) is 8.97. The predicted octanol–water partition coefficient (Wildman–Crippen LogP) is 1.85. The molecule has 0 saturated carbocycles. The van der Waals surface area contributed by atoms with E-state index in [1.54, 1.807) is 6.92 Å². The molecule has 20 heavy (non-hydrogen) atoms. The van der Waals surface area contributed by atoms with Gasteiger partial charge in [-0.05, 0) is 25.0 Å². The first-order valence-corrected chi connectivity index (χ1v) is 8.46. The number of methoxy groups -OCH3 is 1. The van der Waals surface area contributed by atoms with E-state index in [1.165, 1.54) is 13.2 Å². The SMILES string of the molecule is CCCC(COC)NS(=O)(=O)c1cc(C)c(C(=O)O)s1. The topological polar surface area (TPSA) is 92.7 Å². The van der Waals surface area contributed by atoms with Crippen LogP contribution in [0.25, 0.3) is 0 Å². The van der Waals surface area contributed by atoms with Crippen molar-refractivity contribution >= 4 is 27.3 Å². The number of thiophene rings is 1. The Morgan fingerprint density at radius 1 is 1.55 bits per heavy atom. The van der Waals surface area contributed by atoms with E-state index < -0.39 is 16.0 Å². The number of carboxylic acids is 1. The van der Waals surface area contributed by atoms with E-state index in [9.17, 15) is 13.2 Å². The minimum absolute atomic E-state index is 0.0182. The van der Waals surface area contributed by atoms with Crippen LogP contribution in [-0.2, 0) is 14.8 Å². The molecule has 1 atom stereocenters. The van der Waals surface area contributed by atoms with Gasteiger partial charge >= 0.3 is 5.97 Å². The molecular weight excluding hydrogens is 302 g/mol. The maximum Gasteiger partial charge on any atom is 0.346 e. The van der Waals surface area contributed by atoms with Gasteiger partial charge in [0.2, 0.25) is 10.0 Å².